The minimum atomic E-state index is -0.427. The number of ether oxygens (including phenoxy) is 1. The molecule has 0 aliphatic carbocycles. The Balaban J connectivity index is 1.77. The minimum Gasteiger partial charge on any atom is -0.444 e. The number of rotatable bonds is 3. The molecule has 0 unspecified atom stereocenters. The summed E-state index contributed by atoms with van der Waals surface area (Å²) in [5.74, 6) is 0.573. The summed E-state index contributed by atoms with van der Waals surface area (Å²) in [6.07, 6.45) is 1.81. The van der Waals surface area contributed by atoms with Crippen LogP contribution < -0.4 is 5.32 Å². The van der Waals surface area contributed by atoms with E-state index in [2.05, 4.69) is 43.2 Å². The van der Waals surface area contributed by atoms with Crippen LogP contribution >= 0.6 is 31.9 Å². The summed E-state index contributed by atoms with van der Waals surface area (Å²) in [5, 5.41) is 3.49. The second-order valence-electron chi connectivity index (χ2n) is 6.92. The third-order valence-electron chi connectivity index (χ3n) is 3.78. The number of benzene rings is 1. The van der Waals surface area contributed by atoms with Crippen molar-refractivity contribution in [3.05, 3.63) is 27.1 Å². The van der Waals surface area contributed by atoms with E-state index in [1.54, 1.807) is 0 Å². The van der Waals surface area contributed by atoms with Gasteiger partial charge in [0, 0.05) is 34.3 Å². The Morgan fingerprint density at radius 1 is 1.30 bits per heavy atom. The van der Waals surface area contributed by atoms with Gasteiger partial charge in [0.2, 0.25) is 0 Å². The average molecular weight is 448 g/mol. The number of likely N-dealkylation sites (tertiary alicyclic amines) is 1. The first kappa shape index (κ1) is 18.6. The normalized spacial score (nSPS) is 16.3. The molecule has 0 aromatic heterocycles. The number of nitrogens with zero attached hydrogens (tertiary/aromatic N) is 1. The Labute approximate surface area is 155 Å². The third kappa shape index (κ3) is 5.99. The van der Waals surface area contributed by atoms with Crippen molar-refractivity contribution in [3.63, 3.8) is 0 Å². The van der Waals surface area contributed by atoms with E-state index in [1.165, 1.54) is 0 Å². The monoisotopic (exact) mass is 446 g/mol. The maximum absolute atomic E-state index is 12.1. The molecular formula is C17H24Br2N2O2. The highest BCUT2D eigenvalue weighted by molar-refractivity contribution is 9.11. The summed E-state index contributed by atoms with van der Waals surface area (Å²) >= 11 is 7.02. The molecule has 1 amide bonds. The van der Waals surface area contributed by atoms with Crippen LogP contribution in [0.5, 0.6) is 0 Å². The van der Waals surface area contributed by atoms with Gasteiger partial charge >= 0.3 is 6.09 Å². The molecule has 1 heterocycles. The summed E-state index contributed by atoms with van der Waals surface area (Å²) in [6, 6.07) is 6.12. The van der Waals surface area contributed by atoms with E-state index in [0.717, 1.165) is 47.1 Å². The molecule has 0 radical (unpaired) electrons. The fraction of sp³-hybridized carbons (Fsp3) is 0.588. The standard InChI is InChI=1S/C17H24Br2N2O2/c1-17(2,3)23-16(22)21-8-6-12(7-9-21)11-20-15-5-4-13(18)10-14(15)19/h4-5,10,12,20H,6-9,11H2,1-3H3. The molecule has 1 aliphatic rings. The zero-order valence-electron chi connectivity index (χ0n) is 13.9. The zero-order chi connectivity index (χ0) is 17.0. The van der Waals surface area contributed by atoms with Gasteiger partial charge in [0.25, 0.3) is 0 Å². The fourth-order valence-electron chi connectivity index (χ4n) is 2.53. The lowest BCUT2D eigenvalue weighted by molar-refractivity contribution is 0.0188. The van der Waals surface area contributed by atoms with Crippen LogP contribution in [0.4, 0.5) is 10.5 Å². The van der Waals surface area contributed by atoms with Crippen molar-refractivity contribution in [2.75, 3.05) is 25.0 Å². The highest BCUT2D eigenvalue weighted by Gasteiger charge is 2.26. The summed E-state index contributed by atoms with van der Waals surface area (Å²) in [6.45, 7) is 8.15. The predicted molar refractivity (Wildman–Crippen MR) is 101 cm³/mol. The van der Waals surface area contributed by atoms with E-state index in [0.29, 0.717) is 5.92 Å². The van der Waals surface area contributed by atoms with Gasteiger partial charge in [-0.3, -0.25) is 0 Å². The van der Waals surface area contributed by atoms with Crippen LogP contribution in [-0.2, 0) is 4.74 Å². The molecule has 1 N–H and O–H groups in total. The largest absolute Gasteiger partial charge is 0.444 e. The van der Waals surface area contributed by atoms with Crippen molar-refractivity contribution >= 4 is 43.6 Å². The molecule has 2 rings (SSSR count). The molecule has 0 bridgehead atoms. The molecule has 128 valence electrons. The maximum atomic E-state index is 12.1. The SMILES string of the molecule is CC(C)(C)OC(=O)N1CCC(CNc2ccc(Br)cc2Br)CC1. The van der Waals surface area contributed by atoms with Crippen LogP contribution in [0.2, 0.25) is 0 Å². The Bertz CT molecular complexity index is 550. The Kier molecular flexibility index (Phi) is 6.37. The van der Waals surface area contributed by atoms with Gasteiger partial charge in [0.15, 0.2) is 0 Å². The Hall–Kier alpha value is -0.750. The van der Waals surface area contributed by atoms with Crippen LogP contribution in [0.3, 0.4) is 0 Å². The van der Waals surface area contributed by atoms with E-state index < -0.39 is 5.60 Å². The van der Waals surface area contributed by atoms with E-state index in [1.807, 2.05) is 37.8 Å². The van der Waals surface area contributed by atoms with Crippen molar-refractivity contribution in [1.82, 2.24) is 4.90 Å². The molecule has 1 aromatic rings. The molecule has 1 saturated heterocycles. The van der Waals surface area contributed by atoms with Crippen molar-refractivity contribution in [1.29, 1.82) is 0 Å². The molecule has 1 fully saturated rings. The summed E-state index contributed by atoms with van der Waals surface area (Å²) < 4.78 is 7.54. The molecule has 23 heavy (non-hydrogen) atoms. The smallest absolute Gasteiger partial charge is 0.410 e. The van der Waals surface area contributed by atoms with E-state index in [4.69, 9.17) is 4.74 Å². The number of hydrogen-bond acceptors (Lipinski definition) is 3. The first-order chi connectivity index (χ1) is 10.7. The van der Waals surface area contributed by atoms with Crippen molar-refractivity contribution in [2.45, 2.75) is 39.2 Å². The highest BCUT2D eigenvalue weighted by Crippen LogP contribution is 2.27. The lowest BCUT2D eigenvalue weighted by Gasteiger charge is -2.33. The second kappa shape index (κ2) is 7.88. The zero-order valence-corrected chi connectivity index (χ0v) is 17.0. The van der Waals surface area contributed by atoms with E-state index in [9.17, 15) is 4.79 Å². The first-order valence-electron chi connectivity index (χ1n) is 7.91. The molecule has 1 aliphatic heterocycles. The number of carbonyl (C=O) groups is 1. The number of piperidine rings is 1. The van der Waals surface area contributed by atoms with Crippen LogP contribution in [0, 0.1) is 5.92 Å². The lowest BCUT2D eigenvalue weighted by atomic mass is 9.97. The van der Waals surface area contributed by atoms with Gasteiger partial charge in [-0.25, -0.2) is 4.79 Å². The minimum absolute atomic E-state index is 0.195. The third-order valence-corrected chi connectivity index (χ3v) is 4.93. The van der Waals surface area contributed by atoms with Gasteiger partial charge in [0.05, 0.1) is 0 Å². The van der Waals surface area contributed by atoms with Crippen molar-refractivity contribution in [3.8, 4) is 0 Å². The summed E-state index contributed by atoms with van der Waals surface area (Å²) in [7, 11) is 0. The van der Waals surface area contributed by atoms with Crippen molar-refractivity contribution < 1.29 is 9.53 Å². The molecule has 1 aromatic carbocycles. The molecule has 0 atom stereocenters. The van der Waals surface area contributed by atoms with E-state index >= 15 is 0 Å². The number of nitrogens with one attached hydrogen (secondary N) is 1. The summed E-state index contributed by atoms with van der Waals surface area (Å²) in [4.78, 5) is 13.9. The number of amides is 1. The quantitative estimate of drug-likeness (QED) is 0.685. The van der Waals surface area contributed by atoms with Gasteiger partial charge in [-0.05, 0) is 73.7 Å². The number of anilines is 1. The highest BCUT2D eigenvalue weighted by atomic mass is 79.9. The van der Waals surface area contributed by atoms with Gasteiger partial charge in [-0.2, -0.15) is 0 Å². The number of carbonyl (C=O) groups excluding carboxylic acids is 1. The Morgan fingerprint density at radius 2 is 1.96 bits per heavy atom. The van der Waals surface area contributed by atoms with Crippen LogP contribution in [0.1, 0.15) is 33.6 Å². The maximum Gasteiger partial charge on any atom is 0.410 e. The van der Waals surface area contributed by atoms with Crippen LogP contribution in [0.25, 0.3) is 0 Å². The van der Waals surface area contributed by atoms with Gasteiger partial charge in [-0.1, -0.05) is 15.9 Å². The molecule has 0 saturated carbocycles. The van der Waals surface area contributed by atoms with Crippen molar-refractivity contribution in [2.24, 2.45) is 5.92 Å². The van der Waals surface area contributed by atoms with Gasteiger partial charge in [0.1, 0.15) is 5.60 Å². The Morgan fingerprint density at radius 3 is 2.52 bits per heavy atom. The van der Waals surface area contributed by atoms with Gasteiger partial charge in [-0.15, -0.1) is 0 Å². The summed E-state index contributed by atoms with van der Waals surface area (Å²) in [5.41, 5.74) is 0.673. The molecule has 6 heteroatoms. The number of hydrogen-bond donors (Lipinski definition) is 1. The predicted octanol–water partition coefficient (Wildman–Crippen LogP) is 5.27. The van der Waals surface area contributed by atoms with E-state index in [-0.39, 0.29) is 6.09 Å². The topological polar surface area (TPSA) is 41.6 Å². The second-order valence-corrected chi connectivity index (χ2v) is 8.69. The molecule has 4 nitrogen and oxygen atoms in total. The number of halogens is 2. The van der Waals surface area contributed by atoms with Crippen LogP contribution in [-0.4, -0.2) is 36.2 Å². The molecule has 0 spiro atoms. The van der Waals surface area contributed by atoms with Crippen LogP contribution in [0.15, 0.2) is 27.1 Å². The fourth-order valence-corrected chi connectivity index (χ4v) is 3.72. The average Bonchev–Trinajstić information content (AvgIpc) is 2.45. The van der Waals surface area contributed by atoms with Gasteiger partial charge < -0.3 is 15.0 Å². The first-order valence-corrected chi connectivity index (χ1v) is 9.50. The lowest BCUT2D eigenvalue weighted by Crippen LogP contribution is -2.42. The molecular weight excluding hydrogens is 424 g/mol.